The molecule has 18 heavy (non-hydrogen) atoms. The number of nitrogens with two attached hydrogens (primary N) is 1. The second-order valence-corrected chi connectivity index (χ2v) is 6.26. The van der Waals surface area contributed by atoms with Crippen molar-refractivity contribution in [3.05, 3.63) is 0 Å². The van der Waals surface area contributed by atoms with E-state index in [0.29, 0.717) is 6.04 Å². The molecule has 1 rings (SSSR count). The van der Waals surface area contributed by atoms with E-state index in [1.165, 1.54) is 6.54 Å². The molecule has 106 valence electrons. The molecule has 0 aromatic carbocycles. The van der Waals surface area contributed by atoms with Crippen LogP contribution in [-0.4, -0.2) is 42.5 Å². The van der Waals surface area contributed by atoms with Crippen LogP contribution in [0.4, 0.5) is 0 Å². The number of rotatable bonds is 6. The first-order valence-electron chi connectivity index (χ1n) is 7.17. The highest BCUT2D eigenvalue weighted by atomic mass is 16.1. The number of nitrogens with zero attached hydrogens (tertiary/aromatic N) is 1. The van der Waals surface area contributed by atoms with Gasteiger partial charge in [-0.3, -0.25) is 4.79 Å². The summed E-state index contributed by atoms with van der Waals surface area (Å²) in [6.45, 7) is 12.0. The van der Waals surface area contributed by atoms with Gasteiger partial charge in [-0.15, -0.1) is 0 Å². The third kappa shape index (κ3) is 4.94. The minimum Gasteiger partial charge on any atom is -0.368 e. The smallest absolute Gasteiger partial charge is 0.234 e. The van der Waals surface area contributed by atoms with Gasteiger partial charge in [0.15, 0.2) is 0 Å². The topological polar surface area (TPSA) is 58.4 Å². The van der Waals surface area contributed by atoms with E-state index in [-0.39, 0.29) is 17.9 Å². The third-order valence-corrected chi connectivity index (χ3v) is 3.60. The van der Waals surface area contributed by atoms with E-state index >= 15 is 0 Å². The van der Waals surface area contributed by atoms with Crippen LogP contribution in [-0.2, 0) is 4.79 Å². The largest absolute Gasteiger partial charge is 0.368 e. The zero-order valence-corrected chi connectivity index (χ0v) is 12.3. The van der Waals surface area contributed by atoms with Gasteiger partial charge in [-0.25, -0.2) is 0 Å². The first-order valence-corrected chi connectivity index (χ1v) is 7.17. The maximum absolute atomic E-state index is 11.4. The summed E-state index contributed by atoms with van der Waals surface area (Å²) in [5, 5.41) is 3.43. The van der Waals surface area contributed by atoms with Crippen LogP contribution >= 0.6 is 0 Å². The van der Waals surface area contributed by atoms with Crippen molar-refractivity contribution in [1.29, 1.82) is 0 Å². The number of nitrogens with one attached hydrogen (secondary N) is 1. The second kappa shape index (κ2) is 7.10. The predicted octanol–water partition coefficient (Wildman–Crippen LogP) is 1.21. The van der Waals surface area contributed by atoms with Gasteiger partial charge in [-0.05, 0) is 37.8 Å². The van der Waals surface area contributed by atoms with Gasteiger partial charge in [0.25, 0.3) is 0 Å². The van der Waals surface area contributed by atoms with Crippen LogP contribution in [0.15, 0.2) is 0 Å². The summed E-state index contributed by atoms with van der Waals surface area (Å²) in [7, 11) is 0. The van der Waals surface area contributed by atoms with E-state index < -0.39 is 0 Å². The Morgan fingerprint density at radius 3 is 2.22 bits per heavy atom. The van der Waals surface area contributed by atoms with Crippen molar-refractivity contribution in [3.63, 3.8) is 0 Å². The van der Waals surface area contributed by atoms with E-state index in [4.69, 9.17) is 5.73 Å². The lowest BCUT2D eigenvalue weighted by molar-refractivity contribution is -0.121. The van der Waals surface area contributed by atoms with E-state index in [1.54, 1.807) is 0 Å². The molecule has 1 saturated heterocycles. The number of hydrogen-bond acceptors (Lipinski definition) is 3. The van der Waals surface area contributed by atoms with Gasteiger partial charge in [0.2, 0.25) is 5.91 Å². The first kappa shape index (κ1) is 15.4. The number of piperidine rings is 1. The van der Waals surface area contributed by atoms with Crippen molar-refractivity contribution in [2.75, 3.05) is 19.6 Å². The molecule has 0 spiro atoms. The van der Waals surface area contributed by atoms with E-state index in [1.807, 2.05) is 13.8 Å². The Balaban J connectivity index is 2.36. The van der Waals surface area contributed by atoms with Crippen LogP contribution in [0.3, 0.4) is 0 Å². The lowest BCUT2D eigenvalue weighted by Gasteiger charge is -2.35. The Hall–Kier alpha value is -0.610. The third-order valence-electron chi connectivity index (χ3n) is 3.60. The molecule has 4 heteroatoms. The fourth-order valence-electron chi connectivity index (χ4n) is 2.66. The monoisotopic (exact) mass is 255 g/mol. The van der Waals surface area contributed by atoms with Crippen LogP contribution in [0.2, 0.25) is 0 Å². The SMILES string of the molecule is CC(C)CN1CCC(NC(C(N)=O)C(C)C)CC1. The Morgan fingerprint density at radius 1 is 1.28 bits per heavy atom. The minimum absolute atomic E-state index is 0.188. The molecule has 1 heterocycles. The molecule has 0 bridgehead atoms. The van der Waals surface area contributed by atoms with Crippen molar-refractivity contribution in [3.8, 4) is 0 Å². The summed E-state index contributed by atoms with van der Waals surface area (Å²) in [5.74, 6) is 0.759. The van der Waals surface area contributed by atoms with Crippen molar-refractivity contribution in [2.45, 2.75) is 52.6 Å². The molecule has 1 fully saturated rings. The molecular weight excluding hydrogens is 226 g/mol. The van der Waals surface area contributed by atoms with Gasteiger partial charge in [0.1, 0.15) is 0 Å². The molecule has 1 unspecified atom stereocenters. The predicted molar refractivity (Wildman–Crippen MR) is 75.3 cm³/mol. The van der Waals surface area contributed by atoms with Crippen LogP contribution in [0, 0.1) is 11.8 Å². The second-order valence-electron chi connectivity index (χ2n) is 6.26. The van der Waals surface area contributed by atoms with E-state index in [9.17, 15) is 4.79 Å². The first-order chi connectivity index (χ1) is 8.40. The van der Waals surface area contributed by atoms with Gasteiger partial charge in [-0.1, -0.05) is 27.7 Å². The molecule has 1 amide bonds. The van der Waals surface area contributed by atoms with E-state index in [0.717, 1.165) is 31.8 Å². The molecule has 4 nitrogen and oxygen atoms in total. The normalized spacial score (nSPS) is 20.6. The summed E-state index contributed by atoms with van der Waals surface area (Å²) in [6, 6.07) is 0.250. The maximum Gasteiger partial charge on any atom is 0.234 e. The van der Waals surface area contributed by atoms with Gasteiger partial charge >= 0.3 is 0 Å². The molecule has 0 radical (unpaired) electrons. The molecule has 0 saturated carbocycles. The number of primary amides is 1. The summed E-state index contributed by atoms with van der Waals surface area (Å²) >= 11 is 0. The Morgan fingerprint density at radius 2 is 1.83 bits per heavy atom. The van der Waals surface area contributed by atoms with Gasteiger partial charge in [0.05, 0.1) is 6.04 Å². The Labute approximate surface area is 111 Å². The van der Waals surface area contributed by atoms with Crippen molar-refractivity contribution in [2.24, 2.45) is 17.6 Å². The number of hydrogen-bond donors (Lipinski definition) is 2. The number of carbonyl (C=O) groups excluding carboxylic acids is 1. The lowest BCUT2D eigenvalue weighted by Crippen LogP contribution is -2.52. The number of carbonyl (C=O) groups is 1. The highest BCUT2D eigenvalue weighted by molar-refractivity contribution is 5.80. The maximum atomic E-state index is 11.4. The standard InChI is InChI=1S/C14H29N3O/c1-10(2)9-17-7-5-12(6-8-17)16-13(11(3)4)14(15)18/h10-13,16H,5-9H2,1-4H3,(H2,15,18). The van der Waals surface area contributed by atoms with Gasteiger partial charge in [0, 0.05) is 12.6 Å². The highest BCUT2D eigenvalue weighted by Crippen LogP contribution is 2.14. The van der Waals surface area contributed by atoms with Crippen LogP contribution < -0.4 is 11.1 Å². The van der Waals surface area contributed by atoms with E-state index in [2.05, 4.69) is 24.1 Å². The Bertz CT molecular complexity index is 258. The summed E-state index contributed by atoms with van der Waals surface area (Å²) in [5.41, 5.74) is 5.44. The molecule has 0 aliphatic carbocycles. The van der Waals surface area contributed by atoms with Crippen molar-refractivity contribution >= 4 is 5.91 Å². The molecule has 1 aliphatic rings. The molecular formula is C14H29N3O. The fourth-order valence-corrected chi connectivity index (χ4v) is 2.66. The summed E-state index contributed by atoms with van der Waals surface area (Å²) in [6.07, 6.45) is 2.23. The average molecular weight is 255 g/mol. The van der Waals surface area contributed by atoms with Gasteiger partial charge in [-0.2, -0.15) is 0 Å². The quantitative estimate of drug-likeness (QED) is 0.750. The molecule has 0 aromatic rings. The highest BCUT2D eigenvalue weighted by Gasteiger charge is 2.26. The fraction of sp³-hybridized carbons (Fsp3) is 0.929. The average Bonchev–Trinajstić information content (AvgIpc) is 2.26. The lowest BCUT2D eigenvalue weighted by atomic mass is 9.98. The molecule has 1 atom stereocenters. The summed E-state index contributed by atoms with van der Waals surface area (Å²) in [4.78, 5) is 13.9. The van der Waals surface area contributed by atoms with Gasteiger partial charge < -0.3 is 16.0 Å². The van der Waals surface area contributed by atoms with Crippen molar-refractivity contribution in [1.82, 2.24) is 10.2 Å². The number of amides is 1. The van der Waals surface area contributed by atoms with Crippen LogP contribution in [0.1, 0.15) is 40.5 Å². The van der Waals surface area contributed by atoms with Crippen LogP contribution in [0.5, 0.6) is 0 Å². The zero-order valence-electron chi connectivity index (χ0n) is 12.3. The zero-order chi connectivity index (χ0) is 13.7. The molecule has 1 aliphatic heterocycles. The Kier molecular flexibility index (Phi) is 6.09. The minimum atomic E-state index is -0.227. The van der Waals surface area contributed by atoms with Crippen LogP contribution in [0.25, 0.3) is 0 Å². The molecule has 3 N–H and O–H groups in total. The number of likely N-dealkylation sites (tertiary alicyclic amines) is 1. The summed E-state index contributed by atoms with van der Waals surface area (Å²) < 4.78 is 0. The van der Waals surface area contributed by atoms with Crippen molar-refractivity contribution < 1.29 is 4.79 Å². The molecule has 0 aromatic heterocycles.